The highest BCUT2D eigenvalue weighted by atomic mass is 19.4. The lowest BCUT2D eigenvalue weighted by Crippen LogP contribution is -2.41. The lowest BCUT2D eigenvalue weighted by Gasteiger charge is -2.31. The van der Waals surface area contributed by atoms with E-state index in [9.17, 15) is 49.5 Å². The number of carbonyl (C=O) groups excluding carboxylic acids is 3. The number of rotatable bonds is 9. The molecule has 0 aromatic heterocycles. The average Bonchev–Trinajstić information content (AvgIpc) is 3.32. The highest BCUT2D eigenvalue weighted by Crippen LogP contribution is 2.32. The van der Waals surface area contributed by atoms with Gasteiger partial charge in [-0.2, -0.15) is 26.3 Å². The first-order chi connectivity index (χ1) is 32.0. The van der Waals surface area contributed by atoms with Gasteiger partial charge in [0, 0.05) is 74.6 Å². The van der Waals surface area contributed by atoms with Crippen LogP contribution in [0.1, 0.15) is 52.7 Å². The summed E-state index contributed by atoms with van der Waals surface area (Å²) in [5.41, 5.74) is 1.28. The summed E-state index contributed by atoms with van der Waals surface area (Å²) in [6.07, 6.45) is -6.70. The van der Waals surface area contributed by atoms with E-state index in [0.29, 0.717) is 134 Å². The number of ether oxygens (including phenoxy) is 2. The quantitative estimate of drug-likeness (QED) is 0.161. The third-order valence-electron chi connectivity index (χ3n) is 12.4. The van der Waals surface area contributed by atoms with Crippen LogP contribution in [0.2, 0.25) is 0 Å². The third-order valence-corrected chi connectivity index (χ3v) is 12.4. The van der Waals surface area contributed by atoms with Crippen LogP contribution in [-0.2, 0) is 38.0 Å². The van der Waals surface area contributed by atoms with Crippen molar-refractivity contribution >= 4 is 40.5 Å². The molecule has 360 valence electrons. The van der Waals surface area contributed by atoms with Crippen molar-refractivity contribution in [3.8, 4) is 0 Å². The molecule has 0 atom stereocenters. The molecule has 11 nitrogen and oxygen atoms in total. The van der Waals surface area contributed by atoms with Gasteiger partial charge in [-0.3, -0.25) is 19.3 Å². The maximum atomic E-state index is 14.6. The summed E-state index contributed by atoms with van der Waals surface area (Å²) < 4.78 is 116. The second kappa shape index (κ2) is 21.9. The fourth-order valence-electron chi connectivity index (χ4n) is 8.52. The zero-order chi connectivity index (χ0) is 47.7. The second-order valence-corrected chi connectivity index (χ2v) is 16.9. The Morgan fingerprint density at radius 3 is 1.34 bits per heavy atom. The Labute approximate surface area is 383 Å². The van der Waals surface area contributed by atoms with Crippen molar-refractivity contribution in [2.45, 2.75) is 44.6 Å². The predicted molar refractivity (Wildman–Crippen MR) is 236 cm³/mol. The number of halogens is 8. The zero-order valence-corrected chi connectivity index (χ0v) is 36.6. The topological polar surface area (TPSA) is 107 Å². The largest absolute Gasteiger partial charge is 0.416 e. The van der Waals surface area contributed by atoms with Gasteiger partial charge in [0.15, 0.2) is 0 Å². The number of morpholine rings is 2. The number of anilines is 4. The monoisotopic (exact) mass is 944 g/mol. The van der Waals surface area contributed by atoms with E-state index in [1.165, 1.54) is 41.3 Å². The van der Waals surface area contributed by atoms with E-state index < -0.39 is 29.3 Å². The Hall–Kier alpha value is -5.79. The normalized spacial score (nSPS) is 17.9. The first kappa shape index (κ1) is 49.1. The van der Waals surface area contributed by atoms with Gasteiger partial charge in [0.25, 0.3) is 5.91 Å². The first-order valence-electron chi connectivity index (χ1n) is 22.2. The SMILES string of the molecule is O=C(Nc1ccc(N2CCOCC2)c(F)c1)C1CCN(C(=O)c2ccc(C(F)(F)F)cc2)CC1.O=C(Nc1ccc(N2CCOCC2)c(F)c1)C1CCN(Cc2ccc(C(F)(F)F)cc2)CC1. The van der Waals surface area contributed by atoms with Gasteiger partial charge in [0.1, 0.15) is 11.6 Å². The number of benzene rings is 4. The van der Waals surface area contributed by atoms with E-state index in [1.807, 2.05) is 9.80 Å². The van der Waals surface area contributed by atoms with E-state index in [0.717, 1.165) is 29.8 Å². The van der Waals surface area contributed by atoms with Crippen molar-refractivity contribution in [3.05, 3.63) is 119 Å². The molecule has 0 unspecified atom stereocenters. The summed E-state index contributed by atoms with van der Waals surface area (Å²) in [6, 6.07) is 18.6. The molecule has 0 aliphatic carbocycles. The highest BCUT2D eigenvalue weighted by molar-refractivity contribution is 5.95. The van der Waals surface area contributed by atoms with Crippen LogP contribution in [0.15, 0.2) is 84.9 Å². The summed E-state index contributed by atoms with van der Waals surface area (Å²) >= 11 is 0. The van der Waals surface area contributed by atoms with Gasteiger partial charge in [-0.1, -0.05) is 12.1 Å². The highest BCUT2D eigenvalue weighted by Gasteiger charge is 2.33. The summed E-state index contributed by atoms with van der Waals surface area (Å²) in [6.45, 7) is 7.18. The van der Waals surface area contributed by atoms with Gasteiger partial charge < -0.3 is 34.8 Å². The van der Waals surface area contributed by atoms with Crippen molar-refractivity contribution in [2.75, 3.05) is 99.2 Å². The molecule has 4 aromatic rings. The molecule has 0 saturated carbocycles. The molecule has 0 bridgehead atoms. The molecule has 8 rings (SSSR count). The molecule has 2 N–H and O–H groups in total. The van der Waals surface area contributed by atoms with Crippen LogP contribution in [-0.4, -0.2) is 106 Å². The number of nitrogens with one attached hydrogen (secondary N) is 2. The lowest BCUT2D eigenvalue weighted by molar-refractivity contribution is -0.138. The third kappa shape index (κ3) is 13.2. The average molecular weight is 945 g/mol. The predicted octanol–water partition coefficient (Wildman–Crippen LogP) is 8.70. The molecular weight excluding hydrogens is 893 g/mol. The number of carbonyl (C=O) groups is 3. The number of likely N-dealkylation sites (tertiary alicyclic amines) is 2. The standard InChI is InChI=1S/C24H25F4N3O3.C24H27F4N3O2/c25-20-15-19(5-6-21(20)30-11-13-34-14-12-30)29-22(32)16-7-9-31(10-8-16)23(33)17-1-3-18(4-2-17)24(26,27)28;25-21-15-20(5-6-22(21)31-11-13-33-14-12-31)29-23(32)18-7-9-30(10-8-18)16-17-1-3-19(4-2-17)24(26,27)28/h1-6,15-16H,7-14H2,(H,29,32);1-6,15,18H,7-14,16H2,(H,29,32). The number of alkyl halides is 6. The number of hydrogen-bond acceptors (Lipinski definition) is 8. The molecule has 19 heteroatoms. The molecular formula is C48H52F8N6O5. The van der Waals surface area contributed by atoms with Gasteiger partial charge in [-0.15, -0.1) is 0 Å². The molecule has 67 heavy (non-hydrogen) atoms. The number of piperidine rings is 2. The van der Waals surface area contributed by atoms with Gasteiger partial charge in [-0.05, 0) is 117 Å². The molecule has 4 aliphatic heterocycles. The van der Waals surface area contributed by atoms with Gasteiger partial charge in [0.05, 0.1) is 48.9 Å². The van der Waals surface area contributed by atoms with Crippen LogP contribution in [0.5, 0.6) is 0 Å². The molecule has 0 radical (unpaired) electrons. The van der Waals surface area contributed by atoms with Crippen molar-refractivity contribution in [1.82, 2.24) is 9.80 Å². The van der Waals surface area contributed by atoms with Crippen LogP contribution in [0.25, 0.3) is 0 Å². The van der Waals surface area contributed by atoms with Gasteiger partial charge in [-0.25, -0.2) is 8.78 Å². The Morgan fingerprint density at radius 1 is 0.537 bits per heavy atom. The van der Waals surface area contributed by atoms with Gasteiger partial charge >= 0.3 is 12.4 Å². The summed E-state index contributed by atoms with van der Waals surface area (Å²) in [5.74, 6) is -2.08. The van der Waals surface area contributed by atoms with Gasteiger partial charge in [0.2, 0.25) is 11.8 Å². The Bertz CT molecular complexity index is 2300. The van der Waals surface area contributed by atoms with Crippen LogP contribution < -0.4 is 20.4 Å². The minimum atomic E-state index is -4.46. The van der Waals surface area contributed by atoms with E-state index >= 15 is 0 Å². The van der Waals surface area contributed by atoms with E-state index in [-0.39, 0.29) is 40.9 Å². The fraction of sp³-hybridized carbons (Fsp3) is 0.438. The number of nitrogens with zero attached hydrogens (tertiary/aromatic N) is 4. The Kier molecular flexibility index (Phi) is 16.0. The summed E-state index contributed by atoms with van der Waals surface area (Å²) in [5, 5.41) is 5.57. The minimum absolute atomic E-state index is 0.136. The fourth-order valence-corrected chi connectivity index (χ4v) is 8.52. The smallest absolute Gasteiger partial charge is 0.378 e. The molecule has 4 heterocycles. The van der Waals surface area contributed by atoms with E-state index in [2.05, 4.69) is 15.5 Å². The minimum Gasteiger partial charge on any atom is -0.378 e. The molecule has 3 amide bonds. The van der Waals surface area contributed by atoms with Crippen LogP contribution in [0.3, 0.4) is 0 Å². The van der Waals surface area contributed by atoms with E-state index in [4.69, 9.17) is 9.47 Å². The van der Waals surface area contributed by atoms with Crippen molar-refractivity contribution in [1.29, 1.82) is 0 Å². The van der Waals surface area contributed by atoms with Crippen molar-refractivity contribution in [3.63, 3.8) is 0 Å². The molecule has 4 saturated heterocycles. The molecule has 4 aromatic carbocycles. The van der Waals surface area contributed by atoms with Crippen molar-refractivity contribution < 1.29 is 59.0 Å². The van der Waals surface area contributed by atoms with Crippen LogP contribution in [0.4, 0.5) is 57.9 Å². The first-order valence-corrected chi connectivity index (χ1v) is 22.2. The van der Waals surface area contributed by atoms with Crippen molar-refractivity contribution in [2.24, 2.45) is 11.8 Å². The summed E-state index contributed by atoms with van der Waals surface area (Å²) in [7, 11) is 0. The van der Waals surface area contributed by atoms with Crippen LogP contribution in [0, 0.1) is 23.5 Å². The summed E-state index contributed by atoms with van der Waals surface area (Å²) in [4.78, 5) is 45.5. The number of hydrogen-bond donors (Lipinski definition) is 2. The Balaban J connectivity index is 0.000000199. The zero-order valence-electron chi connectivity index (χ0n) is 36.6. The second-order valence-electron chi connectivity index (χ2n) is 16.9. The molecule has 0 spiro atoms. The van der Waals surface area contributed by atoms with E-state index in [1.54, 1.807) is 24.3 Å². The Morgan fingerprint density at radius 2 is 0.940 bits per heavy atom. The lowest BCUT2D eigenvalue weighted by atomic mass is 9.95. The molecule has 4 fully saturated rings. The maximum Gasteiger partial charge on any atom is 0.416 e. The molecule has 4 aliphatic rings. The number of amides is 3. The maximum absolute atomic E-state index is 14.6. The van der Waals surface area contributed by atoms with Crippen LogP contribution >= 0.6 is 0 Å².